The molecule has 0 saturated heterocycles. The Morgan fingerprint density at radius 3 is 2.90 bits per heavy atom. The zero-order chi connectivity index (χ0) is 21.3. The Bertz CT molecular complexity index is 1270. The molecule has 0 unspecified atom stereocenters. The van der Waals surface area contributed by atoms with Crippen molar-refractivity contribution >= 4 is 44.6 Å². The van der Waals surface area contributed by atoms with Crippen molar-refractivity contribution in [1.29, 1.82) is 5.26 Å². The molecular formula is C17H26N8O3S2. The van der Waals surface area contributed by atoms with Gasteiger partial charge in [0.25, 0.3) is 0 Å². The standard InChI is InChI=1S/C17H16N8O3S2.5H2/c18-6-5-14(26)21-11-8-20-17(12-3-4-15(29-12)30(19,27)28)23-16(11)22-13-7-10(24-25-13)9-1-2-9;;;;;/h3-4,7-9H,1-2,5H2,(H,21,26)(H2,19,27,28)(H2,20,22,23,24,25);5*1H. The Kier molecular flexibility index (Phi) is 5.20. The fourth-order valence-electron chi connectivity index (χ4n) is 2.67. The van der Waals surface area contributed by atoms with Crippen LogP contribution >= 0.6 is 11.3 Å². The number of aromatic nitrogens is 4. The lowest BCUT2D eigenvalue weighted by Gasteiger charge is -2.11. The number of aromatic amines is 1. The van der Waals surface area contributed by atoms with E-state index in [0.29, 0.717) is 16.6 Å². The first kappa shape index (κ1) is 20.0. The monoisotopic (exact) mass is 454 g/mol. The molecule has 0 spiro atoms. The molecule has 1 aliphatic carbocycles. The van der Waals surface area contributed by atoms with Crippen LogP contribution in [0.4, 0.5) is 17.3 Å². The second-order valence-electron chi connectivity index (χ2n) is 6.61. The number of nitrogens with one attached hydrogen (secondary N) is 3. The van der Waals surface area contributed by atoms with Crippen LogP contribution in [-0.2, 0) is 14.8 Å². The molecule has 3 aromatic rings. The van der Waals surface area contributed by atoms with E-state index in [9.17, 15) is 13.2 Å². The van der Waals surface area contributed by atoms with Gasteiger partial charge in [-0.2, -0.15) is 10.4 Å². The topological polar surface area (TPSA) is 180 Å². The highest BCUT2D eigenvalue weighted by Gasteiger charge is 2.26. The smallest absolute Gasteiger partial charge is 0.247 e. The minimum absolute atomic E-state index is 0. The quantitative estimate of drug-likeness (QED) is 0.419. The number of anilines is 3. The van der Waals surface area contributed by atoms with E-state index in [1.807, 2.05) is 6.07 Å². The summed E-state index contributed by atoms with van der Waals surface area (Å²) in [5, 5.41) is 26.7. The molecular weight excluding hydrogens is 428 g/mol. The highest BCUT2D eigenvalue weighted by molar-refractivity contribution is 7.91. The maximum atomic E-state index is 11.9. The summed E-state index contributed by atoms with van der Waals surface area (Å²) in [5.74, 6) is 0.977. The summed E-state index contributed by atoms with van der Waals surface area (Å²) in [5.41, 5.74) is 1.27. The normalized spacial score (nSPS) is 13.6. The number of hydrogen-bond acceptors (Lipinski definition) is 9. The third kappa shape index (κ3) is 4.46. The first-order valence-electron chi connectivity index (χ1n) is 8.82. The largest absolute Gasteiger partial charge is 0.322 e. The highest BCUT2D eigenvalue weighted by atomic mass is 32.2. The second-order valence-corrected chi connectivity index (χ2v) is 9.48. The lowest BCUT2D eigenvalue weighted by atomic mass is 10.3. The zero-order valence-corrected chi connectivity index (χ0v) is 17.0. The SMILES string of the molecule is N#CCC(=O)Nc1cnc(-c2ccc(S(N)(=O)=O)s2)nc1Nc1cc(C2CC2)[nH]n1.[HH].[HH].[HH].[HH].[HH]. The van der Waals surface area contributed by atoms with Crippen LogP contribution in [0.2, 0.25) is 0 Å². The molecule has 1 amide bonds. The molecule has 1 saturated carbocycles. The minimum Gasteiger partial charge on any atom is -0.322 e. The summed E-state index contributed by atoms with van der Waals surface area (Å²) in [4.78, 5) is 21.0. The number of H-pyrrole nitrogens is 1. The van der Waals surface area contributed by atoms with Crippen molar-refractivity contribution in [3.05, 3.63) is 30.1 Å². The van der Waals surface area contributed by atoms with E-state index in [0.717, 1.165) is 29.9 Å². The number of amides is 1. The van der Waals surface area contributed by atoms with Crippen molar-refractivity contribution in [2.45, 2.75) is 29.4 Å². The number of nitriles is 1. The predicted molar refractivity (Wildman–Crippen MR) is 120 cm³/mol. The van der Waals surface area contributed by atoms with E-state index < -0.39 is 15.9 Å². The second kappa shape index (κ2) is 7.82. The Balaban J connectivity index is 0. The molecule has 5 N–H and O–H groups in total. The van der Waals surface area contributed by atoms with Gasteiger partial charge in [0.15, 0.2) is 17.5 Å². The average molecular weight is 455 g/mol. The summed E-state index contributed by atoms with van der Waals surface area (Å²) in [6, 6.07) is 6.57. The predicted octanol–water partition coefficient (Wildman–Crippen LogP) is 3.28. The van der Waals surface area contributed by atoms with Crippen molar-refractivity contribution in [2.75, 3.05) is 10.6 Å². The summed E-state index contributed by atoms with van der Waals surface area (Å²) in [7, 11) is -3.83. The molecule has 11 nitrogen and oxygen atoms in total. The maximum absolute atomic E-state index is 11.9. The van der Waals surface area contributed by atoms with E-state index in [1.165, 1.54) is 12.3 Å². The number of rotatable bonds is 7. The Morgan fingerprint density at radius 2 is 2.23 bits per heavy atom. The Morgan fingerprint density at radius 1 is 1.43 bits per heavy atom. The maximum Gasteiger partial charge on any atom is 0.247 e. The van der Waals surface area contributed by atoms with Crippen LogP contribution in [0.5, 0.6) is 0 Å². The van der Waals surface area contributed by atoms with Crippen LogP contribution in [0.3, 0.4) is 0 Å². The molecule has 13 heteroatoms. The summed E-state index contributed by atoms with van der Waals surface area (Å²) in [6.07, 6.45) is 3.28. The molecule has 3 heterocycles. The van der Waals surface area contributed by atoms with Crippen molar-refractivity contribution in [3.8, 4) is 16.8 Å². The number of nitrogens with two attached hydrogens (primary N) is 1. The number of carbonyl (C=O) groups is 1. The molecule has 164 valence electrons. The van der Waals surface area contributed by atoms with Gasteiger partial charge in [-0.25, -0.2) is 23.5 Å². The fourth-order valence-corrected chi connectivity index (χ4v) is 4.34. The summed E-state index contributed by atoms with van der Waals surface area (Å²) < 4.78 is 23.1. The lowest BCUT2D eigenvalue weighted by Crippen LogP contribution is -2.13. The molecule has 0 atom stereocenters. The van der Waals surface area contributed by atoms with Gasteiger partial charge in [0.1, 0.15) is 16.3 Å². The fraction of sp³-hybridized carbons (Fsp3) is 0.235. The molecule has 0 radical (unpaired) electrons. The number of hydrogen-bond donors (Lipinski definition) is 4. The molecule has 4 rings (SSSR count). The minimum atomic E-state index is -3.83. The van der Waals surface area contributed by atoms with Crippen molar-refractivity contribution in [3.63, 3.8) is 0 Å². The highest BCUT2D eigenvalue weighted by Crippen LogP contribution is 2.40. The average Bonchev–Trinajstić information content (AvgIpc) is 3.22. The van der Waals surface area contributed by atoms with Crippen LogP contribution < -0.4 is 15.8 Å². The van der Waals surface area contributed by atoms with E-state index in [2.05, 4.69) is 30.8 Å². The lowest BCUT2D eigenvalue weighted by molar-refractivity contribution is -0.115. The summed E-state index contributed by atoms with van der Waals surface area (Å²) in [6.45, 7) is 0. The van der Waals surface area contributed by atoms with Gasteiger partial charge >= 0.3 is 0 Å². The third-order valence-electron chi connectivity index (χ3n) is 4.25. The molecule has 0 aromatic carbocycles. The van der Waals surface area contributed by atoms with Crippen LogP contribution in [0.15, 0.2) is 28.6 Å². The number of thiophene rings is 1. The van der Waals surface area contributed by atoms with Crippen molar-refractivity contribution in [1.82, 2.24) is 20.2 Å². The van der Waals surface area contributed by atoms with Gasteiger partial charge in [-0.1, -0.05) is 0 Å². The molecule has 0 aliphatic heterocycles. The van der Waals surface area contributed by atoms with Crippen LogP contribution in [0, 0.1) is 11.3 Å². The number of primary sulfonamides is 1. The number of nitrogens with zero attached hydrogens (tertiary/aromatic N) is 4. The van der Waals surface area contributed by atoms with Gasteiger partial charge in [-0.15, -0.1) is 11.3 Å². The molecule has 30 heavy (non-hydrogen) atoms. The van der Waals surface area contributed by atoms with Crippen molar-refractivity contribution < 1.29 is 20.3 Å². The van der Waals surface area contributed by atoms with Gasteiger partial charge in [-0.3, -0.25) is 9.89 Å². The van der Waals surface area contributed by atoms with E-state index >= 15 is 0 Å². The number of sulfonamides is 1. The van der Waals surface area contributed by atoms with Crippen molar-refractivity contribution in [2.24, 2.45) is 5.14 Å². The van der Waals surface area contributed by atoms with E-state index in [1.54, 1.807) is 12.1 Å². The van der Waals surface area contributed by atoms with E-state index in [-0.39, 0.29) is 35.1 Å². The number of carbonyl (C=O) groups excluding carboxylic acids is 1. The first-order chi connectivity index (χ1) is 14.3. The van der Waals surface area contributed by atoms with Gasteiger partial charge in [0, 0.05) is 24.8 Å². The molecule has 3 aromatic heterocycles. The van der Waals surface area contributed by atoms with Crippen LogP contribution in [0.1, 0.15) is 38.0 Å². The Hall–Kier alpha value is -3.34. The van der Waals surface area contributed by atoms with Gasteiger partial charge in [-0.05, 0) is 25.0 Å². The zero-order valence-electron chi connectivity index (χ0n) is 15.4. The Labute approximate surface area is 182 Å². The van der Waals surface area contributed by atoms with Gasteiger partial charge < -0.3 is 10.6 Å². The van der Waals surface area contributed by atoms with E-state index in [4.69, 9.17) is 10.4 Å². The summed E-state index contributed by atoms with van der Waals surface area (Å²) >= 11 is 0.934. The van der Waals surface area contributed by atoms with Crippen LogP contribution in [-0.4, -0.2) is 34.5 Å². The van der Waals surface area contributed by atoms with Gasteiger partial charge in [0.2, 0.25) is 15.9 Å². The molecule has 1 fully saturated rings. The van der Waals surface area contributed by atoms with Gasteiger partial charge in [0.05, 0.1) is 17.1 Å². The molecule has 0 bridgehead atoms. The van der Waals surface area contributed by atoms with Crippen LogP contribution in [0.25, 0.3) is 10.7 Å². The molecule has 1 aliphatic rings. The third-order valence-corrected chi connectivity index (χ3v) is 6.77. The first-order valence-corrected chi connectivity index (χ1v) is 11.2.